The van der Waals surface area contributed by atoms with Gasteiger partial charge in [-0.05, 0) is 53.6 Å². The number of benzene rings is 1. The van der Waals surface area contributed by atoms with E-state index in [1.807, 2.05) is 22.6 Å². The molecule has 1 saturated heterocycles. The highest BCUT2D eigenvalue weighted by atomic mass is 127. The number of methoxy groups -OCH3 is 1. The number of rotatable bonds is 12. The zero-order chi connectivity index (χ0) is 28.6. The minimum absolute atomic E-state index is 0.0122. The fourth-order valence-electron chi connectivity index (χ4n) is 5.24. The van der Waals surface area contributed by atoms with Gasteiger partial charge >= 0.3 is 0 Å². The van der Waals surface area contributed by atoms with Crippen molar-refractivity contribution >= 4 is 40.7 Å². The second kappa shape index (κ2) is 14.6. The lowest BCUT2D eigenvalue weighted by Crippen LogP contribution is -2.58. The number of nitrogens with one attached hydrogen (secondary N) is 1. The Morgan fingerprint density at radius 2 is 2.02 bits per heavy atom. The van der Waals surface area contributed by atoms with Crippen molar-refractivity contribution in [2.75, 3.05) is 59.7 Å². The lowest BCUT2D eigenvalue weighted by Gasteiger charge is -2.43. The van der Waals surface area contributed by atoms with E-state index in [0.717, 1.165) is 32.4 Å². The Balaban J connectivity index is 1.65. The van der Waals surface area contributed by atoms with Gasteiger partial charge in [-0.3, -0.25) is 19.3 Å². The van der Waals surface area contributed by atoms with Crippen LogP contribution >= 0.6 is 22.6 Å². The van der Waals surface area contributed by atoms with Crippen LogP contribution < -0.4 is 14.8 Å². The highest BCUT2D eigenvalue weighted by molar-refractivity contribution is 14.1. The fraction of sp³-hybridized carbons (Fsp3) is 0.607. The molecule has 1 aromatic carbocycles. The monoisotopic (exact) mass is 671 g/mol. The van der Waals surface area contributed by atoms with E-state index in [1.165, 1.54) is 7.11 Å². The Kier molecular flexibility index (Phi) is 11.2. The van der Waals surface area contributed by atoms with Crippen molar-refractivity contribution in [2.24, 2.45) is 5.92 Å². The van der Waals surface area contributed by atoms with E-state index in [4.69, 9.17) is 14.2 Å². The summed E-state index contributed by atoms with van der Waals surface area (Å²) in [5, 5.41) is 23.6. The van der Waals surface area contributed by atoms with Crippen molar-refractivity contribution in [3.05, 3.63) is 32.9 Å². The molecule has 40 heavy (non-hydrogen) atoms. The first-order valence-electron chi connectivity index (χ1n) is 13.7. The largest absolute Gasteiger partial charge is 0.493 e. The third-order valence-electron chi connectivity index (χ3n) is 7.75. The number of morpholine rings is 1. The smallest absolute Gasteiger partial charge is 0.247 e. The van der Waals surface area contributed by atoms with Crippen LogP contribution in [0.15, 0.2) is 23.8 Å². The summed E-state index contributed by atoms with van der Waals surface area (Å²) < 4.78 is 17.8. The molecule has 0 radical (unpaired) electrons. The predicted molar refractivity (Wildman–Crippen MR) is 154 cm³/mol. The van der Waals surface area contributed by atoms with Crippen molar-refractivity contribution in [1.29, 1.82) is 0 Å². The van der Waals surface area contributed by atoms with Crippen molar-refractivity contribution < 1.29 is 38.8 Å². The van der Waals surface area contributed by atoms with Gasteiger partial charge in [0.05, 0.1) is 36.5 Å². The van der Waals surface area contributed by atoms with Crippen LogP contribution in [0.4, 0.5) is 0 Å². The zero-order valence-electron chi connectivity index (χ0n) is 22.7. The second-order valence-corrected chi connectivity index (χ2v) is 11.4. The first kappa shape index (κ1) is 30.7. The lowest BCUT2D eigenvalue weighted by atomic mass is 9.82. The third kappa shape index (κ3) is 7.32. The van der Waals surface area contributed by atoms with Gasteiger partial charge in [0.25, 0.3) is 0 Å². The van der Waals surface area contributed by atoms with Crippen molar-refractivity contribution in [2.45, 2.75) is 43.9 Å². The number of hydrogen-bond donors (Lipinski definition) is 3. The highest BCUT2D eigenvalue weighted by Gasteiger charge is 2.43. The Hall–Kier alpha value is -2.26. The average molecular weight is 672 g/mol. The molecule has 3 aliphatic rings. The summed E-state index contributed by atoms with van der Waals surface area (Å²) in [5.41, 5.74) is 0.778. The molecule has 11 nitrogen and oxygen atoms in total. The molecule has 2 fully saturated rings. The molecule has 1 aromatic rings. The van der Waals surface area contributed by atoms with Gasteiger partial charge in [-0.2, -0.15) is 0 Å². The van der Waals surface area contributed by atoms with Gasteiger partial charge in [-0.15, -0.1) is 0 Å². The van der Waals surface area contributed by atoms with Gasteiger partial charge in [0.1, 0.15) is 18.5 Å². The number of amides is 2. The fourth-order valence-corrected chi connectivity index (χ4v) is 5.99. The average Bonchev–Trinajstić information content (AvgIpc) is 2.93. The molecule has 2 aliphatic carbocycles. The maximum Gasteiger partial charge on any atom is 0.247 e. The van der Waals surface area contributed by atoms with Gasteiger partial charge in [-0.25, -0.2) is 0 Å². The quantitative estimate of drug-likeness (QED) is 0.220. The standard InChI is InChI=1S/C28H38IN3O8/c1-38-24-14-18(17-34)13-21(29)26(24)40-23-16-20(27(36)30-5-10-33)15-22(25(23)35)32(28(37)19-3-2-4-19)7-6-31-8-11-39-12-9-31/h13-14,16-17,19,22-23,25,33,35H,2-12,15H2,1H3,(H,30,36). The van der Waals surface area contributed by atoms with Crippen LogP contribution in [0.1, 0.15) is 36.0 Å². The zero-order valence-corrected chi connectivity index (χ0v) is 24.9. The van der Waals surface area contributed by atoms with Crippen LogP contribution in [-0.4, -0.2) is 116 Å². The maximum atomic E-state index is 13.7. The second-order valence-electron chi connectivity index (χ2n) is 10.3. The molecule has 1 saturated carbocycles. The summed E-state index contributed by atoms with van der Waals surface area (Å²) in [6, 6.07) is 2.49. The summed E-state index contributed by atoms with van der Waals surface area (Å²) in [7, 11) is 1.46. The van der Waals surface area contributed by atoms with E-state index in [1.54, 1.807) is 23.1 Å². The van der Waals surface area contributed by atoms with Gasteiger partial charge < -0.3 is 34.6 Å². The SMILES string of the molecule is COc1cc(C=O)cc(I)c1OC1C=C(C(=O)NCCO)CC(N(CCN2CCOCC2)C(=O)C2CCC2)C1O. The minimum Gasteiger partial charge on any atom is -0.493 e. The summed E-state index contributed by atoms with van der Waals surface area (Å²) in [6.45, 7) is 3.72. The van der Waals surface area contributed by atoms with Gasteiger partial charge in [0, 0.05) is 56.2 Å². The van der Waals surface area contributed by atoms with Crippen LogP contribution in [0.3, 0.4) is 0 Å². The van der Waals surface area contributed by atoms with E-state index in [2.05, 4.69) is 10.2 Å². The third-order valence-corrected chi connectivity index (χ3v) is 8.56. The molecular weight excluding hydrogens is 633 g/mol. The molecule has 1 aliphatic heterocycles. The molecule has 12 heteroatoms. The van der Waals surface area contributed by atoms with E-state index in [9.17, 15) is 24.6 Å². The normalized spacial score (nSPS) is 23.5. The Morgan fingerprint density at radius 1 is 1.27 bits per heavy atom. The number of aliphatic hydroxyl groups is 2. The topological polar surface area (TPSA) is 138 Å². The highest BCUT2D eigenvalue weighted by Crippen LogP contribution is 2.37. The summed E-state index contributed by atoms with van der Waals surface area (Å²) in [5.74, 6) is 0.155. The number of aldehydes is 1. The van der Waals surface area contributed by atoms with Crippen molar-refractivity contribution in [3.8, 4) is 11.5 Å². The predicted octanol–water partition coefficient (Wildman–Crippen LogP) is 0.989. The number of aliphatic hydroxyl groups excluding tert-OH is 2. The van der Waals surface area contributed by atoms with Crippen LogP contribution in [0.25, 0.3) is 0 Å². The van der Waals surface area contributed by atoms with E-state index < -0.39 is 18.2 Å². The molecule has 0 spiro atoms. The first-order valence-corrected chi connectivity index (χ1v) is 14.8. The van der Waals surface area contributed by atoms with E-state index in [-0.39, 0.29) is 37.3 Å². The van der Waals surface area contributed by atoms with Gasteiger partial charge in [0.2, 0.25) is 11.8 Å². The molecule has 3 unspecified atom stereocenters. The summed E-state index contributed by atoms with van der Waals surface area (Å²) >= 11 is 2.03. The van der Waals surface area contributed by atoms with Crippen LogP contribution in [0.2, 0.25) is 0 Å². The molecule has 3 N–H and O–H groups in total. The number of ether oxygens (including phenoxy) is 3. The minimum atomic E-state index is -1.13. The van der Waals surface area contributed by atoms with E-state index in [0.29, 0.717) is 58.8 Å². The Labute approximate surface area is 247 Å². The molecule has 4 rings (SSSR count). The number of hydrogen-bond acceptors (Lipinski definition) is 9. The summed E-state index contributed by atoms with van der Waals surface area (Å²) in [4.78, 5) is 42.1. The molecule has 3 atom stereocenters. The first-order chi connectivity index (χ1) is 19.4. The van der Waals surface area contributed by atoms with Crippen LogP contribution in [-0.2, 0) is 14.3 Å². The Bertz CT molecular complexity index is 1090. The van der Waals surface area contributed by atoms with E-state index >= 15 is 0 Å². The van der Waals surface area contributed by atoms with Crippen molar-refractivity contribution in [3.63, 3.8) is 0 Å². The lowest BCUT2D eigenvalue weighted by molar-refractivity contribution is -0.146. The van der Waals surface area contributed by atoms with Gasteiger partial charge in [0.15, 0.2) is 11.5 Å². The van der Waals surface area contributed by atoms with Crippen LogP contribution in [0, 0.1) is 9.49 Å². The molecule has 0 bridgehead atoms. The molecule has 1 heterocycles. The number of halogens is 1. The Morgan fingerprint density at radius 3 is 2.65 bits per heavy atom. The summed E-state index contributed by atoms with van der Waals surface area (Å²) in [6.07, 6.45) is 2.95. The number of carbonyl (C=O) groups excluding carboxylic acids is 3. The van der Waals surface area contributed by atoms with Crippen molar-refractivity contribution in [1.82, 2.24) is 15.1 Å². The molecule has 2 amide bonds. The van der Waals surface area contributed by atoms with Crippen LogP contribution in [0.5, 0.6) is 11.5 Å². The number of carbonyl (C=O) groups is 3. The molecule has 0 aromatic heterocycles. The molecule has 220 valence electrons. The molecular formula is C28H38IN3O8. The maximum absolute atomic E-state index is 13.7. The van der Waals surface area contributed by atoms with Gasteiger partial charge in [-0.1, -0.05) is 6.42 Å². The number of nitrogens with zero attached hydrogens (tertiary/aromatic N) is 2.